The van der Waals surface area contributed by atoms with Gasteiger partial charge in [-0.15, -0.1) is 0 Å². The Balaban J connectivity index is 2.39. The average molecular weight is 264 g/mol. The van der Waals surface area contributed by atoms with E-state index in [-0.39, 0.29) is 5.91 Å². The standard InChI is InChI=1S/C15H24N2O2/c1-5-17-15(2,3)14(18)16-11-10-12-6-8-13(19-4)9-7-12/h6-9,17H,5,10-11H2,1-4H3,(H,16,18). The first-order valence-electron chi connectivity index (χ1n) is 6.66. The summed E-state index contributed by atoms with van der Waals surface area (Å²) >= 11 is 0. The van der Waals surface area contributed by atoms with E-state index in [1.165, 1.54) is 5.56 Å². The van der Waals surface area contributed by atoms with E-state index >= 15 is 0 Å². The molecule has 1 aromatic rings. The van der Waals surface area contributed by atoms with Crippen molar-refractivity contribution in [3.63, 3.8) is 0 Å². The largest absolute Gasteiger partial charge is 0.497 e. The van der Waals surface area contributed by atoms with Gasteiger partial charge in [-0.05, 0) is 44.5 Å². The second-order valence-corrected chi connectivity index (χ2v) is 5.01. The Morgan fingerprint density at radius 1 is 1.26 bits per heavy atom. The summed E-state index contributed by atoms with van der Waals surface area (Å²) in [6.07, 6.45) is 0.817. The molecule has 1 amide bonds. The van der Waals surface area contributed by atoms with Crippen molar-refractivity contribution in [1.82, 2.24) is 10.6 Å². The van der Waals surface area contributed by atoms with Gasteiger partial charge in [0.1, 0.15) is 5.75 Å². The zero-order valence-electron chi connectivity index (χ0n) is 12.2. The first-order valence-corrected chi connectivity index (χ1v) is 6.66. The van der Waals surface area contributed by atoms with Crippen LogP contribution in [0.5, 0.6) is 5.75 Å². The highest BCUT2D eigenvalue weighted by atomic mass is 16.5. The normalized spacial score (nSPS) is 11.2. The molecular formula is C15H24N2O2. The molecule has 0 aliphatic carbocycles. The van der Waals surface area contributed by atoms with Crippen LogP contribution in [0.25, 0.3) is 0 Å². The van der Waals surface area contributed by atoms with Crippen LogP contribution in [-0.2, 0) is 11.2 Å². The number of hydrogen-bond acceptors (Lipinski definition) is 3. The molecule has 1 aromatic carbocycles. The molecular weight excluding hydrogens is 240 g/mol. The highest BCUT2D eigenvalue weighted by molar-refractivity contribution is 5.85. The third-order valence-electron chi connectivity index (χ3n) is 3.04. The summed E-state index contributed by atoms with van der Waals surface area (Å²) in [5.74, 6) is 0.879. The number of likely N-dealkylation sites (N-methyl/N-ethyl adjacent to an activating group) is 1. The van der Waals surface area contributed by atoms with E-state index in [4.69, 9.17) is 4.74 Å². The Kier molecular flexibility index (Phi) is 5.83. The molecule has 106 valence electrons. The number of carbonyl (C=O) groups is 1. The highest BCUT2D eigenvalue weighted by Crippen LogP contribution is 2.11. The minimum atomic E-state index is -0.519. The number of nitrogens with one attached hydrogen (secondary N) is 2. The van der Waals surface area contributed by atoms with Crippen LogP contribution in [0.1, 0.15) is 26.3 Å². The van der Waals surface area contributed by atoms with Crippen molar-refractivity contribution in [2.45, 2.75) is 32.7 Å². The third kappa shape index (κ3) is 4.91. The molecule has 0 radical (unpaired) electrons. The second kappa shape index (κ2) is 7.14. The van der Waals surface area contributed by atoms with Gasteiger partial charge >= 0.3 is 0 Å². The summed E-state index contributed by atoms with van der Waals surface area (Å²) in [7, 11) is 1.65. The molecule has 4 heteroatoms. The molecule has 0 fully saturated rings. The van der Waals surface area contributed by atoms with E-state index in [1.54, 1.807) is 7.11 Å². The summed E-state index contributed by atoms with van der Waals surface area (Å²) in [5.41, 5.74) is 0.664. The molecule has 0 atom stereocenters. The molecule has 2 N–H and O–H groups in total. The van der Waals surface area contributed by atoms with Crippen LogP contribution in [-0.4, -0.2) is 31.6 Å². The average Bonchev–Trinajstić information content (AvgIpc) is 2.39. The summed E-state index contributed by atoms with van der Waals surface area (Å²) in [4.78, 5) is 12.0. The number of benzene rings is 1. The van der Waals surface area contributed by atoms with Crippen LogP contribution >= 0.6 is 0 Å². The molecule has 4 nitrogen and oxygen atoms in total. The van der Waals surface area contributed by atoms with E-state index in [0.717, 1.165) is 18.7 Å². The lowest BCUT2D eigenvalue weighted by molar-refractivity contribution is -0.126. The van der Waals surface area contributed by atoms with E-state index in [2.05, 4.69) is 10.6 Å². The maximum Gasteiger partial charge on any atom is 0.239 e. The number of methoxy groups -OCH3 is 1. The topological polar surface area (TPSA) is 50.4 Å². The van der Waals surface area contributed by atoms with Crippen LogP contribution in [0.15, 0.2) is 24.3 Å². The molecule has 0 aliphatic heterocycles. The minimum Gasteiger partial charge on any atom is -0.497 e. The first-order chi connectivity index (χ1) is 8.99. The van der Waals surface area contributed by atoms with Crippen LogP contribution in [0.3, 0.4) is 0 Å². The number of rotatable bonds is 7. The maximum atomic E-state index is 12.0. The Labute approximate surface area is 115 Å². The molecule has 0 heterocycles. The molecule has 0 saturated carbocycles. The predicted molar refractivity (Wildman–Crippen MR) is 77.5 cm³/mol. The van der Waals surface area contributed by atoms with Crippen LogP contribution in [0.2, 0.25) is 0 Å². The van der Waals surface area contributed by atoms with Crippen molar-refractivity contribution >= 4 is 5.91 Å². The van der Waals surface area contributed by atoms with Gasteiger partial charge in [0.15, 0.2) is 0 Å². The van der Waals surface area contributed by atoms with Crippen molar-refractivity contribution in [3.8, 4) is 5.75 Å². The van der Waals surface area contributed by atoms with Crippen LogP contribution in [0.4, 0.5) is 0 Å². The molecule has 0 aliphatic rings. The first kappa shape index (κ1) is 15.5. The molecule has 0 saturated heterocycles. The Morgan fingerprint density at radius 2 is 1.89 bits per heavy atom. The van der Waals surface area contributed by atoms with Gasteiger partial charge in [0.2, 0.25) is 5.91 Å². The molecule has 0 bridgehead atoms. The van der Waals surface area contributed by atoms with E-state index in [9.17, 15) is 4.79 Å². The fourth-order valence-corrected chi connectivity index (χ4v) is 1.86. The van der Waals surface area contributed by atoms with E-state index in [0.29, 0.717) is 6.54 Å². The quantitative estimate of drug-likeness (QED) is 0.788. The van der Waals surface area contributed by atoms with Gasteiger partial charge in [0, 0.05) is 6.54 Å². The third-order valence-corrected chi connectivity index (χ3v) is 3.04. The van der Waals surface area contributed by atoms with E-state index < -0.39 is 5.54 Å². The number of amides is 1. The van der Waals surface area contributed by atoms with Gasteiger partial charge in [0.25, 0.3) is 0 Å². The van der Waals surface area contributed by atoms with Crippen molar-refractivity contribution in [2.24, 2.45) is 0 Å². The minimum absolute atomic E-state index is 0.0304. The lowest BCUT2D eigenvalue weighted by Crippen LogP contribution is -2.52. The lowest BCUT2D eigenvalue weighted by Gasteiger charge is -2.24. The second-order valence-electron chi connectivity index (χ2n) is 5.01. The van der Waals surface area contributed by atoms with Gasteiger partial charge in [-0.2, -0.15) is 0 Å². The summed E-state index contributed by atoms with van der Waals surface area (Å²) in [5, 5.41) is 6.11. The predicted octanol–water partition coefficient (Wildman–Crippen LogP) is 1.74. The van der Waals surface area contributed by atoms with Gasteiger partial charge in [-0.25, -0.2) is 0 Å². The molecule has 0 spiro atoms. The zero-order valence-corrected chi connectivity index (χ0v) is 12.2. The Hall–Kier alpha value is -1.55. The maximum absolute atomic E-state index is 12.0. The SMILES string of the molecule is CCNC(C)(C)C(=O)NCCc1ccc(OC)cc1. The molecule has 0 unspecified atom stereocenters. The number of ether oxygens (including phenoxy) is 1. The van der Waals surface area contributed by atoms with Gasteiger partial charge in [-0.1, -0.05) is 19.1 Å². The lowest BCUT2D eigenvalue weighted by atomic mass is 10.0. The number of hydrogen-bond donors (Lipinski definition) is 2. The monoisotopic (exact) mass is 264 g/mol. The van der Waals surface area contributed by atoms with Crippen molar-refractivity contribution < 1.29 is 9.53 Å². The van der Waals surface area contributed by atoms with Gasteiger partial charge < -0.3 is 15.4 Å². The zero-order chi connectivity index (χ0) is 14.3. The van der Waals surface area contributed by atoms with Gasteiger partial charge in [0.05, 0.1) is 12.6 Å². The van der Waals surface area contributed by atoms with Crippen LogP contribution in [0, 0.1) is 0 Å². The van der Waals surface area contributed by atoms with E-state index in [1.807, 2.05) is 45.0 Å². The fourth-order valence-electron chi connectivity index (χ4n) is 1.86. The highest BCUT2D eigenvalue weighted by Gasteiger charge is 2.25. The molecule has 19 heavy (non-hydrogen) atoms. The van der Waals surface area contributed by atoms with Crippen molar-refractivity contribution in [1.29, 1.82) is 0 Å². The summed E-state index contributed by atoms with van der Waals surface area (Å²) in [6, 6.07) is 7.89. The Morgan fingerprint density at radius 3 is 2.42 bits per heavy atom. The van der Waals surface area contributed by atoms with Gasteiger partial charge in [-0.3, -0.25) is 4.79 Å². The number of carbonyl (C=O) groups excluding carboxylic acids is 1. The fraction of sp³-hybridized carbons (Fsp3) is 0.533. The summed E-state index contributed by atoms with van der Waals surface area (Å²) < 4.78 is 5.11. The molecule has 1 rings (SSSR count). The molecule has 0 aromatic heterocycles. The Bertz CT molecular complexity index is 399. The van der Waals surface area contributed by atoms with Crippen molar-refractivity contribution in [2.75, 3.05) is 20.2 Å². The smallest absolute Gasteiger partial charge is 0.239 e. The van der Waals surface area contributed by atoms with Crippen molar-refractivity contribution in [3.05, 3.63) is 29.8 Å². The summed E-state index contributed by atoms with van der Waals surface area (Å²) in [6.45, 7) is 7.18. The van der Waals surface area contributed by atoms with Crippen LogP contribution < -0.4 is 15.4 Å².